The number of anilines is 1. The molecule has 2 aromatic heterocycles. The lowest BCUT2D eigenvalue weighted by Crippen LogP contribution is -2.40. The van der Waals surface area contributed by atoms with E-state index in [1.165, 1.54) is 0 Å². The molecule has 0 spiro atoms. The van der Waals surface area contributed by atoms with Crippen molar-refractivity contribution in [3.05, 3.63) is 65.0 Å². The maximum atomic E-state index is 12.7. The number of aromatic amines is 1. The summed E-state index contributed by atoms with van der Waals surface area (Å²) in [6.07, 6.45) is 4.96. The van der Waals surface area contributed by atoms with E-state index < -0.39 is 0 Å². The third-order valence-corrected chi connectivity index (χ3v) is 5.64. The van der Waals surface area contributed by atoms with Gasteiger partial charge in [0.1, 0.15) is 5.82 Å². The van der Waals surface area contributed by atoms with Crippen LogP contribution in [-0.2, 0) is 22.6 Å². The Morgan fingerprint density at radius 1 is 1.34 bits per heavy atom. The van der Waals surface area contributed by atoms with Crippen molar-refractivity contribution in [2.75, 3.05) is 32.6 Å². The molecule has 1 aromatic carbocycles. The SMILES string of the molecule is COCCN1Cc2cc(/C=C/C(=O)N(C)Cc3c(C)[nH]c4ccccc34)cnc2NC1=O. The second-order valence-corrected chi connectivity index (χ2v) is 7.92. The number of likely N-dealkylation sites (N-methyl/N-ethyl adjacent to an activating group) is 1. The fraction of sp³-hybridized carbons (Fsp3) is 0.292. The second-order valence-electron chi connectivity index (χ2n) is 7.92. The topological polar surface area (TPSA) is 90.6 Å². The number of hydrogen-bond donors (Lipinski definition) is 2. The van der Waals surface area contributed by atoms with Gasteiger partial charge in [0, 0.05) is 61.7 Å². The number of rotatable bonds is 7. The highest BCUT2D eigenvalue weighted by molar-refractivity contribution is 5.93. The molecule has 0 saturated heterocycles. The molecule has 166 valence electrons. The van der Waals surface area contributed by atoms with E-state index in [4.69, 9.17) is 4.74 Å². The lowest BCUT2D eigenvalue weighted by Gasteiger charge is -2.28. The molecule has 2 N–H and O–H groups in total. The van der Waals surface area contributed by atoms with Crippen molar-refractivity contribution < 1.29 is 14.3 Å². The third kappa shape index (κ3) is 4.50. The van der Waals surface area contributed by atoms with Crippen molar-refractivity contribution in [3.8, 4) is 0 Å². The number of pyridine rings is 1. The van der Waals surface area contributed by atoms with Crippen molar-refractivity contribution >= 4 is 34.7 Å². The minimum absolute atomic E-state index is 0.0950. The first-order chi connectivity index (χ1) is 15.5. The van der Waals surface area contributed by atoms with Crippen LogP contribution in [0.1, 0.15) is 22.4 Å². The van der Waals surface area contributed by atoms with Crippen LogP contribution in [-0.4, -0.2) is 59.0 Å². The number of H-pyrrole nitrogens is 1. The Morgan fingerprint density at radius 2 is 2.16 bits per heavy atom. The van der Waals surface area contributed by atoms with Crippen molar-refractivity contribution in [2.24, 2.45) is 0 Å². The highest BCUT2D eigenvalue weighted by Gasteiger charge is 2.23. The quantitative estimate of drug-likeness (QED) is 0.558. The van der Waals surface area contributed by atoms with Crippen molar-refractivity contribution in [2.45, 2.75) is 20.0 Å². The van der Waals surface area contributed by atoms with Crippen LogP contribution in [0.3, 0.4) is 0 Å². The van der Waals surface area contributed by atoms with Crippen LogP contribution in [0.4, 0.5) is 10.6 Å². The first kappa shape index (κ1) is 21.6. The monoisotopic (exact) mass is 433 g/mol. The zero-order valence-electron chi connectivity index (χ0n) is 18.5. The van der Waals surface area contributed by atoms with Gasteiger partial charge in [-0.05, 0) is 36.3 Å². The largest absolute Gasteiger partial charge is 0.383 e. The lowest BCUT2D eigenvalue weighted by atomic mass is 10.1. The van der Waals surface area contributed by atoms with Crippen LogP contribution >= 0.6 is 0 Å². The molecule has 3 amide bonds. The predicted molar refractivity (Wildman–Crippen MR) is 124 cm³/mol. The summed E-state index contributed by atoms with van der Waals surface area (Å²) < 4.78 is 5.07. The number of para-hydroxylation sites is 1. The van der Waals surface area contributed by atoms with Gasteiger partial charge in [0.2, 0.25) is 5.91 Å². The minimum atomic E-state index is -0.185. The Labute approximate surface area is 186 Å². The average molecular weight is 434 g/mol. The van der Waals surface area contributed by atoms with E-state index in [0.29, 0.717) is 32.1 Å². The Bertz CT molecular complexity index is 1180. The zero-order valence-corrected chi connectivity index (χ0v) is 18.5. The maximum Gasteiger partial charge on any atom is 0.323 e. The molecule has 32 heavy (non-hydrogen) atoms. The van der Waals surface area contributed by atoms with Crippen molar-refractivity contribution in [3.63, 3.8) is 0 Å². The molecule has 1 aliphatic rings. The van der Waals surface area contributed by atoms with E-state index >= 15 is 0 Å². The second kappa shape index (κ2) is 9.23. The molecule has 8 nitrogen and oxygen atoms in total. The van der Waals surface area contributed by atoms with Crippen LogP contribution in [0, 0.1) is 6.92 Å². The summed E-state index contributed by atoms with van der Waals surface area (Å²) in [5, 5.41) is 3.92. The number of aromatic nitrogens is 2. The molecule has 1 aliphatic heterocycles. The predicted octanol–water partition coefficient (Wildman–Crippen LogP) is 3.54. The number of amides is 3. The number of carbonyl (C=O) groups excluding carboxylic acids is 2. The summed E-state index contributed by atoms with van der Waals surface area (Å²) in [6, 6.07) is 9.85. The molecular formula is C24H27N5O3. The molecule has 0 bridgehead atoms. The summed E-state index contributed by atoms with van der Waals surface area (Å²) in [4.78, 5) is 35.9. The highest BCUT2D eigenvalue weighted by atomic mass is 16.5. The fourth-order valence-electron chi connectivity index (χ4n) is 3.84. The van der Waals surface area contributed by atoms with E-state index in [1.54, 1.807) is 42.3 Å². The molecule has 0 saturated carbocycles. The van der Waals surface area contributed by atoms with Gasteiger partial charge < -0.3 is 19.5 Å². The van der Waals surface area contributed by atoms with Gasteiger partial charge >= 0.3 is 6.03 Å². The van der Waals surface area contributed by atoms with Gasteiger partial charge in [0.05, 0.1) is 13.2 Å². The number of nitrogens with zero attached hydrogens (tertiary/aromatic N) is 3. The molecule has 0 unspecified atom stereocenters. The van der Waals surface area contributed by atoms with Crippen molar-refractivity contribution in [1.29, 1.82) is 0 Å². The molecule has 8 heteroatoms. The molecule has 0 fully saturated rings. The molecule has 3 aromatic rings. The number of methoxy groups -OCH3 is 1. The van der Waals surface area contributed by atoms with E-state index in [2.05, 4.69) is 21.4 Å². The van der Waals surface area contributed by atoms with Crippen LogP contribution in [0.25, 0.3) is 17.0 Å². The number of ether oxygens (including phenoxy) is 1. The number of carbonyl (C=O) groups is 2. The number of benzene rings is 1. The first-order valence-corrected chi connectivity index (χ1v) is 10.5. The van der Waals surface area contributed by atoms with Gasteiger partial charge in [-0.2, -0.15) is 0 Å². The number of urea groups is 1. The van der Waals surface area contributed by atoms with E-state index in [9.17, 15) is 9.59 Å². The van der Waals surface area contributed by atoms with E-state index in [-0.39, 0.29) is 11.9 Å². The maximum absolute atomic E-state index is 12.7. The van der Waals surface area contributed by atoms with Gasteiger partial charge in [0.25, 0.3) is 0 Å². The summed E-state index contributed by atoms with van der Waals surface area (Å²) in [5.74, 6) is 0.460. The molecule has 0 aliphatic carbocycles. The minimum Gasteiger partial charge on any atom is -0.383 e. The number of nitrogens with one attached hydrogen (secondary N) is 2. The van der Waals surface area contributed by atoms with E-state index in [1.807, 2.05) is 31.2 Å². The normalized spacial score (nSPS) is 13.5. The first-order valence-electron chi connectivity index (χ1n) is 10.5. The average Bonchev–Trinajstić information content (AvgIpc) is 3.11. The summed E-state index contributed by atoms with van der Waals surface area (Å²) >= 11 is 0. The summed E-state index contributed by atoms with van der Waals surface area (Å²) in [5.41, 5.74) is 4.96. The van der Waals surface area contributed by atoms with Gasteiger partial charge in [-0.3, -0.25) is 10.1 Å². The van der Waals surface area contributed by atoms with Gasteiger partial charge in [-0.15, -0.1) is 0 Å². The Balaban J connectivity index is 1.44. The lowest BCUT2D eigenvalue weighted by molar-refractivity contribution is -0.125. The molecule has 0 radical (unpaired) electrons. The smallest absolute Gasteiger partial charge is 0.323 e. The highest BCUT2D eigenvalue weighted by Crippen LogP contribution is 2.24. The third-order valence-electron chi connectivity index (χ3n) is 5.64. The van der Waals surface area contributed by atoms with Crippen molar-refractivity contribution in [1.82, 2.24) is 19.8 Å². The Morgan fingerprint density at radius 3 is 2.97 bits per heavy atom. The number of fused-ring (bicyclic) bond motifs is 2. The zero-order chi connectivity index (χ0) is 22.7. The number of aryl methyl sites for hydroxylation is 1. The summed E-state index contributed by atoms with van der Waals surface area (Å²) in [7, 11) is 3.40. The van der Waals surface area contributed by atoms with Gasteiger partial charge in [0.15, 0.2) is 0 Å². The molecule has 0 atom stereocenters. The number of hydrogen-bond acceptors (Lipinski definition) is 4. The van der Waals surface area contributed by atoms with Gasteiger partial charge in [-0.25, -0.2) is 9.78 Å². The van der Waals surface area contributed by atoms with Crippen LogP contribution in [0.2, 0.25) is 0 Å². The van der Waals surface area contributed by atoms with Crippen LogP contribution in [0.15, 0.2) is 42.6 Å². The fourth-order valence-corrected chi connectivity index (χ4v) is 3.84. The van der Waals surface area contributed by atoms with Crippen LogP contribution in [0.5, 0.6) is 0 Å². The molecule has 4 rings (SSSR count). The Kier molecular flexibility index (Phi) is 6.23. The van der Waals surface area contributed by atoms with Crippen LogP contribution < -0.4 is 5.32 Å². The standard InChI is InChI=1S/C24H27N5O3/c1-16-20(19-6-4-5-7-21(19)26-16)15-28(2)22(30)9-8-17-12-18-14-29(10-11-32-3)24(31)27-23(18)25-13-17/h4-9,12-13,26H,10-11,14-15H2,1-3H3,(H,25,27,31)/b9-8+. The van der Waals surface area contributed by atoms with E-state index in [0.717, 1.165) is 33.3 Å². The Hall–Kier alpha value is -3.65. The molecular weight excluding hydrogens is 406 g/mol. The van der Waals surface area contributed by atoms with Gasteiger partial charge in [-0.1, -0.05) is 18.2 Å². The molecule has 3 heterocycles. The summed E-state index contributed by atoms with van der Waals surface area (Å²) in [6.45, 7) is 3.96.